The summed E-state index contributed by atoms with van der Waals surface area (Å²) in [5.74, 6) is 0.473. The van der Waals surface area contributed by atoms with Gasteiger partial charge in [-0.3, -0.25) is 4.79 Å². The van der Waals surface area contributed by atoms with E-state index in [2.05, 4.69) is 10.6 Å². The molecule has 2 aliphatic carbocycles. The molecule has 3 aliphatic rings. The number of urea groups is 1. The summed E-state index contributed by atoms with van der Waals surface area (Å²) < 4.78 is 0. The van der Waals surface area contributed by atoms with E-state index in [1.54, 1.807) is 0 Å². The molecule has 0 aromatic heterocycles. The number of aryl methyl sites for hydroxylation is 1. The van der Waals surface area contributed by atoms with Crippen molar-refractivity contribution in [2.45, 2.75) is 44.6 Å². The van der Waals surface area contributed by atoms with Crippen molar-refractivity contribution < 1.29 is 9.59 Å². The molecule has 22 heavy (non-hydrogen) atoms. The molecular weight excluding hydrogens is 278 g/mol. The molecule has 0 bridgehead atoms. The van der Waals surface area contributed by atoms with Gasteiger partial charge in [-0.1, -0.05) is 6.07 Å². The number of hydrogen-bond donors (Lipinski definition) is 2. The third-order valence-corrected chi connectivity index (χ3v) is 4.57. The molecule has 1 aromatic rings. The van der Waals surface area contributed by atoms with Crippen LogP contribution in [0.25, 0.3) is 0 Å². The van der Waals surface area contributed by atoms with E-state index in [1.807, 2.05) is 23.1 Å². The van der Waals surface area contributed by atoms with Gasteiger partial charge in [0.2, 0.25) is 5.91 Å². The molecule has 0 saturated heterocycles. The first-order valence-corrected chi connectivity index (χ1v) is 8.22. The van der Waals surface area contributed by atoms with E-state index in [9.17, 15) is 9.59 Å². The molecule has 2 fully saturated rings. The van der Waals surface area contributed by atoms with Crippen molar-refractivity contribution in [1.29, 1.82) is 0 Å². The second-order valence-corrected chi connectivity index (χ2v) is 6.58. The lowest BCUT2D eigenvalue weighted by molar-refractivity contribution is -0.119. The van der Waals surface area contributed by atoms with Gasteiger partial charge in [0.25, 0.3) is 0 Å². The summed E-state index contributed by atoms with van der Waals surface area (Å²) in [4.78, 5) is 26.2. The number of carbonyl (C=O) groups excluding carboxylic acids is 2. The van der Waals surface area contributed by atoms with Crippen LogP contribution in [0.5, 0.6) is 0 Å². The first-order valence-electron chi connectivity index (χ1n) is 8.22. The number of nitrogens with one attached hydrogen (secondary N) is 2. The van der Waals surface area contributed by atoms with Crippen LogP contribution in [0.4, 0.5) is 16.2 Å². The zero-order chi connectivity index (χ0) is 15.1. The Morgan fingerprint density at radius 3 is 2.68 bits per heavy atom. The van der Waals surface area contributed by atoms with Crippen molar-refractivity contribution >= 4 is 23.3 Å². The van der Waals surface area contributed by atoms with Gasteiger partial charge in [0.15, 0.2) is 0 Å². The maximum absolute atomic E-state index is 12.4. The topological polar surface area (TPSA) is 61.4 Å². The Bertz CT molecular complexity index is 620. The van der Waals surface area contributed by atoms with Gasteiger partial charge in [0.05, 0.1) is 0 Å². The third kappa shape index (κ3) is 2.80. The number of nitrogens with zero attached hydrogens (tertiary/aromatic N) is 1. The summed E-state index contributed by atoms with van der Waals surface area (Å²) >= 11 is 0. The van der Waals surface area contributed by atoms with Crippen molar-refractivity contribution in [3.05, 3.63) is 23.8 Å². The summed E-state index contributed by atoms with van der Waals surface area (Å²) in [6.45, 7) is 0.792. The maximum Gasteiger partial charge on any atom is 0.319 e. The van der Waals surface area contributed by atoms with Crippen LogP contribution < -0.4 is 15.5 Å². The lowest BCUT2D eigenvalue weighted by Crippen LogP contribution is -2.36. The zero-order valence-electron chi connectivity index (χ0n) is 12.6. The molecule has 1 aromatic carbocycles. The fourth-order valence-corrected chi connectivity index (χ4v) is 3.01. The Kier molecular flexibility index (Phi) is 3.28. The second kappa shape index (κ2) is 5.30. The number of fused-ring (bicyclic) bond motifs is 1. The Morgan fingerprint density at radius 2 is 1.95 bits per heavy atom. The van der Waals surface area contributed by atoms with Crippen molar-refractivity contribution in [3.63, 3.8) is 0 Å². The first-order chi connectivity index (χ1) is 10.7. The monoisotopic (exact) mass is 299 g/mol. The van der Waals surface area contributed by atoms with Gasteiger partial charge in [-0.05, 0) is 56.2 Å². The molecule has 5 nitrogen and oxygen atoms in total. The van der Waals surface area contributed by atoms with Crippen molar-refractivity contribution in [1.82, 2.24) is 5.32 Å². The smallest absolute Gasteiger partial charge is 0.319 e. The van der Waals surface area contributed by atoms with Crippen LogP contribution in [-0.2, 0) is 11.2 Å². The average Bonchev–Trinajstić information content (AvgIpc) is 3.39. The predicted molar refractivity (Wildman–Crippen MR) is 85.0 cm³/mol. The van der Waals surface area contributed by atoms with E-state index in [0.717, 1.165) is 56.4 Å². The van der Waals surface area contributed by atoms with Crippen LogP contribution in [0.3, 0.4) is 0 Å². The fourth-order valence-electron chi connectivity index (χ4n) is 3.01. The molecule has 4 rings (SSSR count). The van der Waals surface area contributed by atoms with E-state index < -0.39 is 0 Å². The van der Waals surface area contributed by atoms with E-state index in [1.165, 1.54) is 5.56 Å². The van der Waals surface area contributed by atoms with Crippen molar-refractivity contribution in [2.75, 3.05) is 16.8 Å². The highest BCUT2D eigenvalue weighted by molar-refractivity contribution is 5.98. The Hall–Kier alpha value is -2.04. The van der Waals surface area contributed by atoms with E-state index in [-0.39, 0.29) is 17.9 Å². The van der Waals surface area contributed by atoms with Gasteiger partial charge in [-0.25, -0.2) is 4.79 Å². The Morgan fingerprint density at radius 1 is 1.14 bits per heavy atom. The number of anilines is 2. The Balaban J connectivity index is 1.53. The molecule has 0 spiro atoms. The highest BCUT2D eigenvalue weighted by atomic mass is 16.2. The van der Waals surface area contributed by atoms with E-state index >= 15 is 0 Å². The van der Waals surface area contributed by atoms with Gasteiger partial charge < -0.3 is 15.5 Å². The van der Waals surface area contributed by atoms with Crippen LogP contribution in [0.2, 0.25) is 0 Å². The molecule has 0 atom stereocenters. The summed E-state index contributed by atoms with van der Waals surface area (Å²) in [5, 5.41) is 5.79. The largest absolute Gasteiger partial charge is 0.335 e. The van der Waals surface area contributed by atoms with Crippen LogP contribution in [0.15, 0.2) is 18.2 Å². The quantitative estimate of drug-likeness (QED) is 0.901. The summed E-state index contributed by atoms with van der Waals surface area (Å²) in [6.07, 6.45) is 6.19. The zero-order valence-corrected chi connectivity index (χ0v) is 12.6. The van der Waals surface area contributed by atoms with Gasteiger partial charge in [-0.2, -0.15) is 0 Å². The van der Waals surface area contributed by atoms with E-state index in [4.69, 9.17) is 0 Å². The number of benzene rings is 1. The van der Waals surface area contributed by atoms with Crippen LogP contribution in [0.1, 0.15) is 37.7 Å². The molecule has 0 unspecified atom stereocenters. The third-order valence-electron chi connectivity index (χ3n) is 4.57. The molecule has 2 N–H and O–H groups in total. The number of amides is 3. The molecule has 5 heteroatoms. The minimum atomic E-state index is -0.154. The van der Waals surface area contributed by atoms with Crippen LogP contribution in [0, 0.1) is 5.92 Å². The molecule has 1 heterocycles. The lowest BCUT2D eigenvalue weighted by atomic mass is 10.0. The van der Waals surface area contributed by atoms with Gasteiger partial charge in [0, 0.05) is 29.9 Å². The minimum absolute atomic E-state index is 0.154. The molecular formula is C17H21N3O2. The lowest BCUT2D eigenvalue weighted by Gasteiger charge is -2.30. The highest BCUT2D eigenvalue weighted by Gasteiger charge is 2.35. The van der Waals surface area contributed by atoms with E-state index in [0.29, 0.717) is 6.04 Å². The van der Waals surface area contributed by atoms with Gasteiger partial charge in [-0.15, -0.1) is 0 Å². The summed E-state index contributed by atoms with van der Waals surface area (Å²) in [6, 6.07) is 6.09. The molecule has 116 valence electrons. The van der Waals surface area contributed by atoms with Gasteiger partial charge >= 0.3 is 6.03 Å². The normalized spacial score (nSPS) is 20.3. The maximum atomic E-state index is 12.4. The van der Waals surface area contributed by atoms with Crippen molar-refractivity contribution in [2.24, 2.45) is 5.92 Å². The van der Waals surface area contributed by atoms with Crippen molar-refractivity contribution in [3.8, 4) is 0 Å². The molecule has 3 amide bonds. The number of hydrogen-bond acceptors (Lipinski definition) is 2. The minimum Gasteiger partial charge on any atom is -0.335 e. The standard InChI is InChI=1S/C17H21N3O2/c21-16(12-3-4-12)20-9-1-2-11-5-6-14(10-15(11)20)19-17(22)18-13-7-8-13/h5-6,10,12-13H,1-4,7-9H2,(H2,18,19,22). The summed E-state index contributed by atoms with van der Waals surface area (Å²) in [7, 11) is 0. The van der Waals surface area contributed by atoms with Crippen LogP contribution >= 0.6 is 0 Å². The highest BCUT2D eigenvalue weighted by Crippen LogP contribution is 2.36. The number of carbonyl (C=O) groups is 2. The molecule has 2 saturated carbocycles. The predicted octanol–water partition coefficient (Wildman–Crippen LogP) is 2.66. The van der Waals surface area contributed by atoms with Gasteiger partial charge in [0.1, 0.15) is 0 Å². The fraction of sp³-hybridized carbons (Fsp3) is 0.529. The molecule has 1 aliphatic heterocycles. The Labute approximate surface area is 130 Å². The first kappa shape index (κ1) is 13.6. The molecule has 0 radical (unpaired) electrons. The number of rotatable bonds is 3. The second-order valence-electron chi connectivity index (χ2n) is 6.58. The summed E-state index contributed by atoms with van der Waals surface area (Å²) in [5.41, 5.74) is 2.94. The SMILES string of the molecule is O=C(Nc1ccc2c(c1)N(C(=O)C1CC1)CCC2)NC1CC1. The van der Waals surface area contributed by atoms with Crippen LogP contribution in [-0.4, -0.2) is 24.5 Å². The average molecular weight is 299 g/mol.